The Labute approximate surface area is 149 Å². The van der Waals surface area contributed by atoms with E-state index in [1.807, 2.05) is 27.7 Å². The quantitative estimate of drug-likeness (QED) is 0.614. The maximum atomic E-state index is 13.5. The number of alkyl halides is 3. The summed E-state index contributed by atoms with van der Waals surface area (Å²) in [5, 5.41) is 4.13. The van der Waals surface area contributed by atoms with Gasteiger partial charge in [0, 0.05) is 17.9 Å². The smallest absolute Gasteiger partial charge is 0.399 e. The lowest BCUT2D eigenvalue weighted by molar-refractivity contribution is -0.137. The second-order valence-electron chi connectivity index (χ2n) is 7.41. The van der Waals surface area contributed by atoms with E-state index in [2.05, 4.69) is 5.10 Å². The van der Waals surface area contributed by atoms with Gasteiger partial charge >= 0.3 is 13.3 Å². The maximum absolute atomic E-state index is 13.5. The fraction of sp³-hybridized carbons (Fsp3) is 0.471. The van der Waals surface area contributed by atoms with Crippen LogP contribution in [0.5, 0.6) is 0 Å². The molecule has 0 unspecified atom stereocenters. The van der Waals surface area contributed by atoms with Gasteiger partial charge in [0.05, 0.1) is 23.3 Å². The minimum absolute atomic E-state index is 0.000343. The lowest BCUT2D eigenvalue weighted by Gasteiger charge is -2.32. The fourth-order valence-corrected chi connectivity index (χ4v) is 2.66. The molecule has 1 aromatic heterocycles. The van der Waals surface area contributed by atoms with Gasteiger partial charge in [0.1, 0.15) is 5.82 Å². The first-order valence-corrected chi connectivity index (χ1v) is 8.12. The predicted molar refractivity (Wildman–Crippen MR) is 88.4 cm³/mol. The lowest BCUT2D eigenvalue weighted by atomic mass is 9.82. The Morgan fingerprint density at radius 1 is 1.08 bits per heavy atom. The molecule has 3 rings (SSSR count). The zero-order chi connectivity index (χ0) is 19.3. The Morgan fingerprint density at radius 3 is 2.27 bits per heavy atom. The van der Waals surface area contributed by atoms with Crippen molar-refractivity contribution in [2.24, 2.45) is 0 Å². The molecule has 0 bridgehead atoms. The largest absolute Gasteiger partial charge is 0.498 e. The van der Waals surface area contributed by atoms with Crippen molar-refractivity contribution in [3.05, 3.63) is 47.5 Å². The van der Waals surface area contributed by atoms with E-state index in [1.165, 1.54) is 10.9 Å². The molecule has 0 amide bonds. The van der Waals surface area contributed by atoms with E-state index >= 15 is 0 Å². The Hall–Kier alpha value is -1.87. The van der Waals surface area contributed by atoms with E-state index < -0.39 is 35.9 Å². The van der Waals surface area contributed by atoms with Crippen LogP contribution in [0.3, 0.4) is 0 Å². The molecule has 2 aromatic rings. The Bertz CT molecular complexity index is 801. The molecule has 2 heterocycles. The van der Waals surface area contributed by atoms with Gasteiger partial charge in [-0.3, -0.25) is 4.68 Å². The minimum atomic E-state index is -4.60. The summed E-state index contributed by atoms with van der Waals surface area (Å²) in [4.78, 5) is 0. The van der Waals surface area contributed by atoms with Crippen molar-refractivity contribution in [2.75, 3.05) is 0 Å². The molecule has 0 spiro atoms. The zero-order valence-corrected chi connectivity index (χ0v) is 14.9. The van der Waals surface area contributed by atoms with Crippen molar-refractivity contribution < 1.29 is 26.9 Å². The molecule has 1 aromatic carbocycles. The van der Waals surface area contributed by atoms with Crippen LogP contribution in [0.25, 0.3) is 0 Å². The van der Waals surface area contributed by atoms with Gasteiger partial charge in [-0.15, -0.1) is 0 Å². The Balaban J connectivity index is 1.79. The van der Waals surface area contributed by atoms with Crippen molar-refractivity contribution in [1.29, 1.82) is 0 Å². The van der Waals surface area contributed by atoms with Gasteiger partial charge < -0.3 is 9.31 Å². The summed E-state index contributed by atoms with van der Waals surface area (Å²) in [6.07, 6.45) is -1.44. The molecule has 1 fully saturated rings. The molecule has 140 valence electrons. The molecule has 4 nitrogen and oxygen atoms in total. The van der Waals surface area contributed by atoms with Gasteiger partial charge in [-0.05, 0) is 51.5 Å². The van der Waals surface area contributed by atoms with Crippen LogP contribution in [-0.4, -0.2) is 28.1 Å². The number of nitrogens with zero attached hydrogens (tertiary/aromatic N) is 2. The van der Waals surface area contributed by atoms with Crippen LogP contribution in [0.4, 0.5) is 17.6 Å². The SMILES string of the molecule is CC1(C)OB(c2cnn(Cc3cc(F)cc(C(F)(F)F)c3)c2)OC1(C)C. The zero-order valence-electron chi connectivity index (χ0n) is 14.9. The molecule has 0 saturated carbocycles. The Kier molecular flexibility index (Phi) is 4.43. The van der Waals surface area contributed by atoms with Crippen LogP contribution in [0, 0.1) is 5.82 Å². The first-order chi connectivity index (χ1) is 11.9. The first-order valence-electron chi connectivity index (χ1n) is 8.12. The molecular weight excluding hydrogens is 351 g/mol. The number of rotatable bonds is 3. The molecule has 26 heavy (non-hydrogen) atoms. The lowest BCUT2D eigenvalue weighted by Crippen LogP contribution is -2.41. The summed E-state index contributed by atoms with van der Waals surface area (Å²) in [6, 6.07) is 2.45. The average Bonchev–Trinajstić information content (AvgIpc) is 3.00. The van der Waals surface area contributed by atoms with Gasteiger partial charge in [-0.25, -0.2) is 4.39 Å². The standard InChI is InChI=1S/C17H19BF4N2O2/c1-15(2)16(3,4)26-18(25-15)13-8-23-24(10-13)9-11-5-12(17(20,21)22)7-14(19)6-11/h5-8,10H,9H2,1-4H3. The molecule has 1 saturated heterocycles. The second kappa shape index (κ2) is 6.09. The van der Waals surface area contributed by atoms with E-state index in [0.29, 0.717) is 11.5 Å². The molecule has 0 aliphatic carbocycles. The molecule has 1 aliphatic heterocycles. The van der Waals surface area contributed by atoms with Crippen molar-refractivity contribution >= 4 is 12.6 Å². The van der Waals surface area contributed by atoms with Gasteiger partial charge in [-0.2, -0.15) is 18.3 Å². The molecule has 1 aliphatic rings. The van der Waals surface area contributed by atoms with Gasteiger partial charge in [0.25, 0.3) is 0 Å². The topological polar surface area (TPSA) is 36.3 Å². The van der Waals surface area contributed by atoms with Crippen LogP contribution in [0.15, 0.2) is 30.6 Å². The van der Waals surface area contributed by atoms with Crippen molar-refractivity contribution in [1.82, 2.24) is 9.78 Å². The average molecular weight is 370 g/mol. The van der Waals surface area contributed by atoms with E-state index in [0.717, 1.165) is 12.1 Å². The summed E-state index contributed by atoms with van der Waals surface area (Å²) in [5.41, 5.74) is -1.23. The van der Waals surface area contributed by atoms with Crippen LogP contribution >= 0.6 is 0 Å². The third kappa shape index (κ3) is 3.64. The highest BCUT2D eigenvalue weighted by Crippen LogP contribution is 2.36. The predicted octanol–water partition coefficient (Wildman–Crippen LogP) is 3.39. The monoisotopic (exact) mass is 370 g/mol. The summed E-state index contributed by atoms with van der Waals surface area (Å²) >= 11 is 0. The van der Waals surface area contributed by atoms with Crippen LogP contribution in [-0.2, 0) is 22.0 Å². The molecule has 0 radical (unpaired) electrons. The van der Waals surface area contributed by atoms with E-state index in [1.54, 1.807) is 6.20 Å². The summed E-state index contributed by atoms with van der Waals surface area (Å²) in [6.45, 7) is 7.68. The Morgan fingerprint density at radius 2 is 1.69 bits per heavy atom. The number of hydrogen-bond donors (Lipinski definition) is 0. The molecule has 0 atom stereocenters. The van der Waals surface area contributed by atoms with E-state index in [-0.39, 0.29) is 12.1 Å². The first kappa shape index (κ1) is 18.9. The number of hydrogen-bond acceptors (Lipinski definition) is 3. The number of aromatic nitrogens is 2. The van der Waals surface area contributed by atoms with Crippen LogP contribution in [0.2, 0.25) is 0 Å². The van der Waals surface area contributed by atoms with E-state index in [4.69, 9.17) is 9.31 Å². The van der Waals surface area contributed by atoms with Crippen molar-refractivity contribution in [3.8, 4) is 0 Å². The van der Waals surface area contributed by atoms with Gasteiger partial charge in [-0.1, -0.05) is 0 Å². The number of halogens is 4. The highest BCUT2D eigenvalue weighted by molar-refractivity contribution is 6.61. The van der Waals surface area contributed by atoms with Crippen molar-refractivity contribution in [3.63, 3.8) is 0 Å². The second-order valence-corrected chi connectivity index (χ2v) is 7.41. The maximum Gasteiger partial charge on any atom is 0.498 e. The van der Waals surface area contributed by atoms with Gasteiger partial charge in [0.15, 0.2) is 0 Å². The fourth-order valence-electron chi connectivity index (χ4n) is 2.66. The molecule has 0 N–H and O–H groups in total. The van der Waals surface area contributed by atoms with Crippen LogP contribution < -0.4 is 5.46 Å². The summed E-state index contributed by atoms with van der Waals surface area (Å²) in [7, 11) is -0.619. The third-order valence-corrected chi connectivity index (χ3v) is 4.81. The normalized spacial score (nSPS) is 19.2. The molecular formula is C17H19BF4N2O2. The number of benzene rings is 1. The summed E-state index contributed by atoms with van der Waals surface area (Å²) < 4.78 is 65.2. The molecule has 9 heteroatoms. The summed E-state index contributed by atoms with van der Waals surface area (Å²) in [5.74, 6) is -0.937. The van der Waals surface area contributed by atoms with Crippen LogP contribution in [0.1, 0.15) is 38.8 Å². The van der Waals surface area contributed by atoms with Crippen molar-refractivity contribution in [2.45, 2.75) is 51.6 Å². The third-order valence-electron chi connectivity index (χ3n) is 4.81. The highest BCUT2D eigenvalue weighted by Gasteiger charge is 2.52. The van der Waals surface area contributed by atoms with E-state index in [9.17, 15) is 17.6 Å². The minimum Gasteiger partial charge on any atom is -0.399 e. The van der Waals surface area contributed by atoms with Gasteiger partial charge in [0.2, 0.25) is 0 Å². The highest BCUT2D eigenvalue weighted by atomic mass is 19.4.